The third-order valence-electron chi connectivity index (χ3n) is 2.43. The van der Waals surface area contributed by atoms with Crippen molar-refractivity contribution in [1.29, 1.82) is 0 Å². The molecule has 0 heterocycles. The highest BCUT2D eigenvalue weighted by Gasteiger charge is 2.33. The van der Waals surface area contributed by atoms with Crippen LogP contribution in [0.4, 0.5) is 18.9 Å². The SMILES string of the molecule is Cl.Nc1cccc(-c2ccccc2C(F)(F)F)c1. The van der Waals surface area contributed by atoms with Gasteiger partial charge in [-0.15, -0.1) is 12.4 Å². The average molecular weight is 274 g/mol. The standard InChI is InChI=1S/C13H10F3N.ClH/c14-13(15,16)12-7-2-1-6-11(12)9-4-3-5-10(17)8-9;/h1-8H,17H2;1H. The molecule has 0 saturated carbocycles. The maximum atomic E-state index is 12.8. The molecule has 0 radical (unpaired) electrons. The number of hydrogen-bond acceptors (Lipinski definition) is 1. The summed E-state index contributed by atoms with van der Waals surface area (Å²) in [6.07, 6.45) is -4.36. The van der Waals surface area contributed by atoms with E-state index in [1.54, 1.807) is 24.3 Å². The molecule has 2 N–H and O–H groups in total. The zero-order chi connectivity index (χ0) is 12.5. The summed E-state index contributed by atoms with van der Waals surface area (Å²) in [7, 11) is 0. The fourth-order valence-electron chi connectivity index (χ4n) is 1.69. The molecule has 18 heavy (non-hydrogen) atoms. The summed E-state index contributed by atoms with van der Waals surface area (Å²) < 4.78 is 38.4. The molecule has 2 aromatic rings. The minimum absolute atomic E-state index is 0. The minimum atomic E-state index is -4.36. The van der Waals surface area contributed by atoms with Crippen molar-refractivity contribution in [2.75, 3.05) is 5.73 Å². The van der Waals surface area contributed by atoms with Crippen LogP contribution in [0.3, 0.4) is 0 Å². The number of nitrogen functional groups attached to an aromatic ring is 1. The van der Waals surface area contributed by atoms with Gasteiger partial charge in [0.05, 0.1) is 5.56 Å². The number of anilines is 1. The van der Waals surface area contributed by atoms with Crippen LogP contribution in [0.25, 0.3) is 11.1 Å². The van der Waals surface area contributed by atoms with E-state index in [0.29, 0.717) is 11.3 Å². The van der Waals surface area contributed by atoms with Crippen LogP contribution in [0.5, 0.6) is 0 Å². The molecule has 5 heteroatoms. The fourth-order valence-corrected chi connectivity index (χ4v) is 1.69. The molecule has 1 nitrogen and oxygen atoms in total. The van der Waals surface area contributed by atoms with E-state index in [1.165, 1.54) is 18.2 Å². The maximum Gasteiger partial charge on any atom is 0.417 e. The summed E-state index contributed by atoms with van der Waals surface area (Å²) in [6.45, 7) is 0. The van der Waals surface area contributed by atoms with Crippen molar-refractivity contribution >= 4 is 18.1 Å². The first-order valence-corrected chi connectivity index (χ1v) is 5.00. The van der Waals surface area contributed by atoms with Gasteiger partial charge in [0.2, 0.25) is 0 Å². The molecule has 0 amide bonds. The quantitative estimate of drug-likeness (QED) is 0.767. The van der Waals surface area contributed by atoms with E-state index in [1.807, 2.05) is 0 Å². The molecule has 0 bridgehead atoms. The Kier molecular flexibility index (Phi) is 4.24. The first kappa shape index (κ1) is 14.4. The first-order valence-electron chi connectivity index (χ1n) is 5.00. The molecule has 2 aromatic carbocycles. The van der Waals surface area contributed by atoms with Gasteiger partial charge in [0, 0.05) is 5.69 Å². The molecule has 0 saturated heterocycles. The van der Waals surface area contributed by atoms with Gasteiger partial charge in [0.15, 0.2) is 0 Å². The lowest BCUT2D eigenvalue weighted by Crippen LogP contribution is -2.06. The molecule has 0 aliphatic heterocycles. The zero-order valence-electron chi connectivity index (χ0n) is 9.24. The number of halogens is 4. The molecule has 0 atom stereocenters. The highest BCUT2D eigenvalue weighted by atomic mass is 35.5. The van der Waals surface area contributed by atoms with Crippen LogP contribution < -0.4 is 5.73 Å². The second-order valence-corrected chi connectivity index (χ2v) is 3.67. The van der Waals surface area contributed by atoms with Crippen LogP contribution in [0, 0.1) is 0 Å². The van der Waals surface area contributed by atoms with Gasteiger partial charge < -0.3 is 5.73 Å². The topological polar surface area (TPSA) is 26.0 Å². The third-order valence-corrected chi connectivity index (χ3v) is 2.43. The Morgan fingerprint density at radius 1 is 0.889 bits per heavy atom. The van der Waals surface area contributed by atoms with Gasteiger partial charge in [-0.05, 0) is 29.3 Å². The summed E-state index contributed by atoms with van der Waals surface area (Å²) >= 11 is 0. The Morgan fingerprint density at radius 3 is 2.17 bits per heavy atom. The van der Waals surface area contributed by atoms with Gasteiger partial charge in [0.25, 0.3) is 0 Å². The van der Waals surface area contributed by atoms with Crippen molar-refractivity contribution in [3.8, 4) is 11.1 Å². The third kappa shape index (κ3) is 2.96. The Balaban J connectivity index is 0.00000162. The monoisotopic (exact) mass is 273 g/mol. The van der Waals surface area contributed by atoms with Gasteiger partial charge in [0.1, 0.15) is 0 Å². The van der Waals surface area contributed by atoms with Gasteiger partial charge >= 0.3 is 6.18 Å². The van der Waals surface area contributed by atoms with Crippen LogP contribution in [0.2, 0.25) is 0 Å². The number of nitrogens with two attached hydrogens (primary N) is 1. The lowest BCUT2D eigenvalue weighted by atomic mass is 9.99. The van der Waals surface area contributed by atoms with Crippen molar-refractivity contribution in [3.63, 3.8) is 0 Å². The van der Waals surface area contributed by atoms with Crippen molar-refractivity contribution in [1.82, 2.24) is 0 Å². The van der Waals surface area contributed by atoms with Crippen LogP contribution in [-0.2, 0) is 6.18 Å². The molecular formula is C13H11ClF3N. The Labute approximate surface area is 109 Å². The Hall–Kier alpha value is -1.68. The van der Waals surface area contributed by atoms with Crippen LogP contribution in [0.15, 0.2) is 48.5 Å². The lowest BCUT2D eigenvalue weighted by Gasteiger charge is -2.12. The predicted octanol–water partition coefficient (Wildman–Crippen LogP) is 4.38. The highest BCUT2D eigenvalue weighted by Crippen LogP contribution is 2.37. The largest absolute Gasteiger partial charge is 0.417 e. The van der Waals surface area contributed by atoms with Gasteiger partial charge in [-0.1, -0.05) is 30.3 Å². The highest BCUT2D eigenvalue weighted by molar-refractivity contribution is 5.85. The van der Waals surface area contributed by atoms with E-state index in [2.05, 4.69) is 0 Å². The van der Waals surface area contributed by atoms with Crippen molar-refractivity contribution < 1.29 is 13.2 Å². The summed E-state index contributed by atoms with van der Waals surface area (Å²) in [5.74, 6) is 0. The lowest BCUT2D eigenvalue weighted by molar-refractivity contribution is -0.137. The van der Waals surface area contributed by atoms with E-state index in [0.717, 1.165) is 6.07 Å². The van der Waals surface area contributed by atoms with Gasteiger partial charge in [-0.25, -0.2) is 0 Å². The molecule has 0 aromatic heterocycles. The van der Waals surface area contributed by atoms with Gasteiger partial charge in [-0.2, -0.15) is 13.2 Å². The predicted molar refractivity (Wildman–Crippen MR) is 68.5 cm³/mol. The van der Waals surface area contributed by atoms with Crippen LogP contribution in [-0.4, -0.2) is 0 Å². The number of rotatable bonds is 1. The van der Waals surface area contributed by atoms with E-state index < -0.39 is 11.7 Å². The van der Waals surface area contributed by atoms with E-state index in [9.17, 15) is 13.2 Å². The number of alkyl halides is 3. The normalized spacial score (nSPS) is 10.8. The summed E-state index contributed by atoms with van der Waals surface area (Å²) in [6, 6.07) is 11.9. The summed E-state index contributed by atoms with van der Waals surface area (Å²) in [5, 5.41) is 0. The van der Waals surface area contributed by atoms with Gasteiger partial charge in [-0.3, -0.25) is 0 Å². The minimum Gasteiger partial charge on any atom is -0.399 e. The maximum absolute atomic E-state index is 12.8. The van der Waals surface area contributed by atoms with Crippen LogP contribution in [0.1, 0.15) is 5.56 Å². The van der Waals surface area contributed by atoms with Crippen LogP contribution >= 0.6 is 12.4 Å². The molecule has 96 valence electrons. The van der Waals surface area contributed by atoms with E-state index in [4.69, 9.17) is 5.73 Å². The summed E-state index contributed by atoms with van der Waals surface area (Å²) in [4.78, 5) is 0. The second kappa shape index (κ2) is 5.31. The van der Waals surface area contributed by atoms with E-state index >= 15 is 0 Å². The molecule has 2 rings (SSSR count). The summed E-state index contributed by atoms with van der Waals surface area (Å²) in [5.41, 5.74) is 5.99. The molecule has 0 fully saturated rings. The number of benzene rings is 2. The van der Waals surface area contributed by atoms with E-state index in [-0.39, 0.29) is 18.0 Å². The van der Waals surface area contributed by atoms with Crippen molar-refractivity contribution in [3.05, 3.63) is 54.1 Å². The molecule has 0 aliphatic carbocycles. The molecule has 0 aliphatic rings. The van der Waals surface area contributed by atoms with Crippen molar-refractivity contribution in [2.45, 2.75) is 6.18 Å². The zero-order valence-corrected chi connectivity index (χ0v) is 10.1. The Bertz CT molecular complexity index is 538. The van der Waals surface area contributed by atoms with Crippen molar-refractivity contribution in [2.24, 2.45) is 0 Å². The Morgan fingerprint density at radius 2 is 1.56 bits per heavy atom. The molecule has 0 spiro atoms. The first-order chi connectivity index (χ1) is 7.98. The fraction of sp³-hybridized carbons (Fsp3) is 0.0769. The molecular weight excluding hydrogens is 263 g/mol. The average Bonchev–Trinajstić information content (AvgIpc) is 2.28. The number of hydrogen-bond donors (Lipinski definition) is 1. The smallest absolute Gasteiger partial charge is 0.399 e. The second-order valence-electron chi connectivity index (χ2n) is 3.67. The molecule has 0 unspecified atom stereocenters.